The van der Waals surface area contributed by atoms with Crippen molar-refractivity contribution in [1.82, 2.24) is 5.32 Å². The maximum absolute atomic E-state index is 11.9. The Labute approximate surface area is 130 Å². The van der Waals surface area contributed by atoms with E-state index in [1.165, 1.54) is 0 Å². The minimum Gasteiger partial charge on any atom is -0.480 e. The maximum atomic E-state index is 11.9. The van der Waals surface area contributed by atoms with Gasteiger partial charge in [0.15, 0.2) is 0 Å². The van der Waals surface area contributed by atoms with E-state index in [9.17, 15) is 14.7 Å². The van der Waals surface area contributed by atoms with Gasteiger partial charge < -0.3 is 15.2 Å². The fraction of sp³-hybridized carbons (Fsp3) is 0.429. The molecule has 0 aliphatic carbocycles. The van der Waals surface area contributed by atoms with E-state index >= 15 is 0 Å². The van der Waals surface area contributed by atoms with Crippen molar-refractivity contribution in [2.24, 2.45) is 0 Å². The van der Waals surface area contributed by atoms with Crippen LogP contribution in [0.5, 0.6) is 0 Å². The lowest BCUT2D eigenvalue weighted by atomic mass is 10.1. The van der Waals surface area contributed by atoms with Gasteiger partial charge in [0.25, 0.3) is 0 Å². The van der Waals surface area contributed by atoms with Gasteiger partial charge in [-0.3, -0.25) is 4.79 Å². The highest BCUT2D eigenvalue weighted by Gasteiger charge is 2.28. The number of carbonyl (C=O) groups is 2. The summed E-state index contributed by atoms with van der Waals surface area (Å²) >= 11 is 2.19. The van der Waals surface area contributed by atoms with E-state index in [0.29, 0.717) is 13.0 Å². The molecule has 1 heterocycles. The molecule has 20 heavy (non-hydrogen) atoms. The minimum atomic E-state index is -1.03. The molecule has 1 saturated heterocycles. The second-order valence-corrected chi connectivity index (χ2v) is 5.98. The number of hydrogen-bond donors (Lipinski definition) is 2. The van der Waals surface area contributed by atoms with Gasteiger partial charge in [-0.15, -0.1) is 0 Å². The van der Waals surface area contributed by atoms with E-state index in [4.69, 9.17) is 4.74 Å². The van der Waals surface area contributed by atoms with Gasteiger partial charge in [0.2, 0.25) is 5.91 Å². The van der Waals surface area contributed by atoms with Crippen molar-refractivity contribution < 1.29 is 19.4 Å². The van der Waals surface area contributed by atoms with E-state index in [1.807, 2.05) is 24.3 Å². The molecule has 5 nitrogen and oxygen atoms in total. The number of aliphatic carboxylic acids is 1. The third kappa shape index (κ3) is 4.17. The molecule has 0 radical (unpaired) electrons. The standard InChI is InChI=1S/C14H16INO4/c15-10-5-3-9(4-6-10)8-11(14(18)19)16-13(17)12-2-1-7-20-12/h3-6,11-12H,1-2,7-8H2,(H,16,17)(H,18,19)/t11-,12-/m1/s1. The third-order valence-corrected chi connectivity index (χ3v) is 3.91. The normalized spacial score (nSPS) is 19.6. The first-order valence-electron chi connectivity index (χ1n) is 6.45. The molecule has 0 spiro atoms. The first-order chi connectivity index (χ1) is 9.56. The molecule has 0 saturated carbocycles. The van der Waals surface area contributed by atoms with E-state index in [-0.39, 0.29) is 12.3 Å². The average Bonchev–Trinajstić information content (AvgIpc) is 2.94. The Morgan fingerprint density at radius 2 is 2.10 bits per heavy atom. The Bertz CT molecular complexity index is 482. The van der Waals surface area contributed by atoms with Crippen LogP contribution in [0.4, 0.5) is 0 Å². The van der Waals surface area contributed by atoms with Crippen LogP contribution in [0.2, 0.25) is 0 Å². The lowest BCUT2D eigenvalue weighted by Crippen LogP contribution is -2.46. The highest BCUT2D eigenvalue weighted by atomic mass is 127. The minimum absolute atomic E-state index is 0.269. The zero-order valence-corrected chi connectivity index (χ0v) is 13.0. The Balaban J connectivity index is 1.98. The van der Waals surface area contributed by atoms with E-state index < -0.39 is 18.1 Å². The van der Waals surface area contributed by atoms with Crippen LogP contribution >= 0.6 is 22.6 Å². The molecule has 1 aliphatic rings. The molecule has 2 N–H and O–H groups in total. The topological polar surface area (TPSA) is 75.6 Å². The zero-order chi connectivity index (χ0) is 14.5. The predicted molar refractivity (Wildman–Crippen MR) is 81.4 cm³/mol. The highest BCUT2D eigenvalue weighted by Crippen LogP contribution is 2.13. The quantitative estimate of drug-likeness (QED) is 0.750. The molecular formula is C14H16INO4. The van der Waals surface area contributed by atoms with Crippen molar-refractivity contribution in [3.8, 4) is 0 Å². The van der Waals surface area contributed by atoms with E-state index in [1.54, 1.807) is 0 Å². The van der Waals surface area contributed by atoms with Gasteiger partial charge in [-0.1, -0.05) is 12.1 Å². The molecule has 1 amide bonds. The summed E-state index contributed by atoms with van der Waals surface area (Å²) in [5, 5.41) is 11.8. The molecule has 2 rings (SSSR count). The van der Waals surface area contributed by atoms with E-state index in [2.05, 4.69) is 27.9 Å². The van der Waals surface area contributed by atoms with Gasteiger partial charge in [0.1, 0.15) is 12.1 Å². The van der Waals surface area contributed by atoms with Crippen molar-refractivity contribution in [2.45, 2.75) is 31.4 Å². The summed E-state index contributed by atoms with van der Waals surface area (Å²) in [6, 6.07) is 6.64. The van der Waals surface area contributed by atoms with E-state index in [0.717, 1.165) is 15.6 Å². The monoisotopic (exact) mass is 389 g/mol. The highest BCUT2D eigenvalue weighted by molar-refractivity contribution is 14.1. The van der Waals surface area contributed by atoms with Crippen LogP contribution in [-0.4, -0.2) is 35.7 Å². The molecule has 1 aromatic rings. The number of benzene rings is 1. The number of carbonyl (C=O) groups excluding carboxylic acids is 1. The fourth-order valence-electron chi connectivity index (χ4n) is 2.11. The van der Waals surface area contributed by atoms with Crippen molar-refractivity contribution >= 4 is 34.5 Å². The molecule has 1 aliphatic heterocycles. The van der Waals surface area contributed by atoms with Gasteiger partial charge in [0.05, 0.1) is 0 Å². The second-order valence-electron chi connectivity index (χ2n) is 4.73. The number of rotatable bonds is 5. The number of nitrogens with one attached hydrogen (secondary N) is 1. The number of amides is 1. The molecule has 0 unspecified atom stereocenters. The molecule has 2 atom stereocenters. The number of halogens is 1. The van der Waals surface area contributed by atoms with Crippen LogP contribution < -0.4 is 5.32 Å². The van der Waals surface area contributed by atoms with Crippen LogP contribution in [0.15, 0.2) is 24.3 Å². The van der Waals surface area contributed by atoms with Crippen molar-refractivity contribution in [3.63, 3.8) is 0 Å². The average molecular weight is 389 g/mol. The van der Waals surface area contributed by atoms with Crippen molar-refractivity contribution in [2.75, 3.05) is 6.61 Å². The first kappa shape index (κ1) is 15.2. The molecule has 0 aromatic heterocycles. The molecule has 1 fully saturated rings. The van der Waals surface area contributed by atoms with Crippen molar-refractivity contribution in [3.05, 3.63) is 33.4 Å². The SMILES string of the molecule is O=C(O)[C@@H](Cc1ccc(I)cc1)NC(=O)[C@H]1CCCO1. The summed E-state index contributed by atoms with van der Waals surface area (Å²) in [6.45, 7) is 0.562. The number of ether oxygens (including phenoxy) is 1. The molecule has 108 valence electrons. The van der Waals surface area contributed by atoms with Gasteiger partial charge in [-0.05, 0) is 53.1 Å². The lowest BCUT2D eigenvalue weighted by molar-refractivity contribution is -0.143. The number of carboxylic acid groups (broad SMARTS) is 1. The summed E-state index contributed by atoms with van der Waals surface area (Å²) in [5.74, 6) is -1.37. The third-order valence-electron chi connectivity index (χ3n) is 3.19. The second kappa shape index (κ2) is 7.03. The Morgan fingerprint density at radius 1 is 1.40 bits per heavy atom. The fourth-order valence-corrected chi connectivity index (χ4v) is 2.46. The summed E-state index contributed by atoms with van der Waals surface area (Å²) in [5.41, 5.74) is 0.880. The first-order valence-corrected chi connectivity index (χ1v) is 7.53. The number of hydrogen-bond acceptors (Lipinski definition) is 3. The summed E-state index contributed by atoms with van der Waals surface area (Å²) < 4.78 is 6.34. The van der Waals surface area contributed by atoms with Crippen LogP contribution in [0, 0.1) is 3.57 Å². The van der Waals surface area contributed by atoms with Gasteiger partial charge in [-0.25, -0.2) is 4.79 Å². The molecule has 6 heteroatoms. The lowest BCUT2D eigenvalue weighted by Gasteiger charge is -2.17. The van der Waals surface area contributed by atoms with Gasteiger partial charge in [0, 0.05) is 16.6 Å². The van der Waals surface area contributed by atoms with Crippen LogP contribution in [-0.2, 0) is 20.7 Å². The molecule has 0 bridgehead atoms. The molecule has 1 aromatic carbocycles. The Morgan fingerprint density at radius 3 is 2.65 bits per heavy atom. The van der Waals surface area contributed by atoms with Gasteiger partial charge in [-0.2, -0.15) is 0 Å². The smallest absolute Gasteiger partial charge is 0.326 e. The number of carboxylic acids is 1. The van der Waals surface area contributed by atoms with Crippen molar-refractivity contribution in [1.29, 1.82) is 0 Å². The van der Waals surface area contributed by atoms with Crippen LogP contribution in [0.3, 0.4) is 0 Å². The maximum Gasteiger partial charge on any atom is 0.326 e. The Hall–Kier alpha value is -1.15. The molecular weight excluding hydrogens is 373 g/mol. The summed E-state index contributed by atoms with van der Waals surface area (Å²) in [6.07, 6.45) is 1.26. The largest absolute Gasteiger partial charge is 0.480 e. The van der Waals surface area contributed by atoms with Gasteiger partial charge >= 0.3 is 5.97 Å². The Kier molecular flexibility index (Phi) is 5.36. The zero-order valence-electron chi connectivity index (χ0n) is 10.8. The van der Waals surface area contributed by atoms with Crippen LogP contribution in [0.25, 0.3) is 0 Å². The summed E-state index contributed by atoms with van der Waals surface area (Å²) in [7, 11) is 0. The van der Waals surface area contributed by atoms with Crippen LogP contribution in [0.1, 0.15) is 18.4 Å². The predicted octanol–water partition coefficient (Wildman–Crippen LogP) is 1.58. The summed E-state index contributed by atoms with van der Waals surface area (Å²) in [4.78, 5) is 23.2.